The van der Waals surface area contributed by atoms with Gasteiger partial charge in [0.1, 0.15) is 5.75 Å². The fourth-order valence-electron chi connectivity index (χ4n) is 1.74. The molecule has 0 atom stereocenters. The van der Waals surface area contributed by atoms with Crippen molar-refractivity contribution in [1.29, 1.82) is 0 Å². The first kappa shape index (κ1) is 17.7. The van der Waals surface area contributed by atoms with Crippen molar-refractivity contribution in [3.63, 3.8) is 0 Å². The summed E-state index contributed by atoms with van der Waals surface area (Å²) in [6.45, 7) is -0.144. The van der Waals surface area contributed by atoms with Crippen LogP contribution in [0, 0.1) is 0 Å². The molecule has 6 nitrogen and oxygen atoms in total. The number of benzene rings is 2. The molecule has 2 rings (SSSR count). The fraction of sp³-hybridized carbons (Fsp3) is 0.118. The van der Waals surface area contributed by atoms with E-state index in [2.05, 4.69) is 31.2 Å². The van der Waals surface area contributed by atoms with Crippen molar-refractivity contribution in [3.8, 4) is 5.75 Å². The molecule has 1 amide bonds. The molecule has 124 valence electrons. The van der Waals surface area contributed by atoms with E-state index in [1.165, 1.54) is 13.3 Å². The van der Waals surface area contributed by atoms with E-state index in [0.717, 1.165) is 10.0 Å². The van der Waals surface area contributed by atoms with Gasteiger partial charge in [-0.2, -0.15) is 5.10 Å². The molecule has 0 spiro atoms. The minimum absolute atomic E-state index is 0.144. The van der Waals surface area contributed by atoms with E-state index in [1.807, 2.05) is 12.1 Å². The van der Waals surface area contributed by atoms with Gasteiger partial charge in [-0.05, 0) is 35.9 Å². The number of ether oxygens (including phenoxy) is 2. The first-order chi connectivity index (χ1) is 11.6. The maximum Gasteiger partial charge on any atom is 0.337 e. The highest BCUT2D eigenvalue weighted by Gasteiger charge is 2.04. The zero-order chi connectivity index (χ0) is 17.4. The molecule has 0 bridgehead atoms. The van der Waals surface area contributed by atoms with E-state index >= 15 is 0 Å². The van der Waals surface area contributed by atoms with Crippen LogP contribution in [0.2, 0.25) is 0 Å². The molecule has 0 saturated carbocycles. The third kappa shape index (κ3) is 5.51. The van der Waals surface area contributed by atoms with Gasteiger partial charge in [0, 0.05) is 4.47 Å². The summed E-state index contributed by atoms with van der Waals surface area (Å²) in [6.07, 6.45) is 1.47. The van der Waals surface area contributed by atoms with E-state index < -0.39 is 5.97 Å². The summed E-state index contributed by atoms with van der Waals surface area (Å²) >= 11 is 3.32. The van der Waals surface area contributed by atoms with Gasteiger partial charge in [0.05, 0.1) is 18.9 Å². The molecule has 0 heterocycles. The second-order valence-corrected chi connectivity index (χ2v) is 5.57. The minimum atomic E-state index is -0.406. The Hall–Kier alpha value is -2.67. The molecule has 0 unspecified atom stereocenters. The van der Waals surface area contributed by atoms with Crippen molar-refractivity contribution < 1.29 is 19.1 Å². The number of hydrazone groups is 1. The molecule has 0 aliphatic carbocycles. The SMILES string of the molecule is COC(=O)c1ccc(/C=N\NC(=O)COc2cccc(Br)c2)cc1. The number of hydrogen-bond acceptors (Lipinski definition) is 5. The first-order valence-electron chi connectivity index (χ1n) is 6.97. The summed E-state index contributed by atoms with van der Waals surface area (Å²) in [7, 11) is 1.32. The Morgan fingerprint density at radius 1 is 1.21 bits per heavy atom. The number of carbonyl (C=O) groups is 2. The third-order valence-corrected chi connectivity index (χ3v) is 3.39. The highest BCUT2D eigenvalue weighted by atomic mass is 79.9. The van der Waals surface area contributed by atoms with Crippen LogP contribution in [0.5, 0.6) is 5.75 Å². The van der Waals surface area contributed by atoms with Crippen molar-refractivity contribution in [2.45, 2.75) is 0 Å². The van der Waals surface area contributed by atoms with E-state index in [0.29, 0.717) is 11.3 Å². The van der Waals surface area contributed by atoms with Crippen LogP contribution in [0.1, 0.15) is 15.9 Å². The summed E-state index contributed by atoms with van der Waals surface area (Å²) < 4.78 is 10.8. The van der Waals surface area contributed by atoms with Gasteiger partial charge in [-0.15, -0.1) is 0 Å². The molecule has 24 heavy (non-hydrogen) atoms. The number of amides is 1. The topological polar surface area (TPSA) is 77.0 Å². The summed E-state index contributed by atoms with van der Waals surface area (Å²) in [4.78, 5) is 23.0. The van der Waals surface area contributed by atoms with Crippen LogP contribution >= 0.6 is 15.9 Å². The molecule has 1 N–H and O–H groups in total. The van der Waals surface area contributed by atoms with Gasteiger partial charge in [-0.3, -0.25) is 4.79 Å². The molecule has 2 aromatic rings. The lowest BCUT2D eigenvalue weighted by atomic mass is 10.1. The van der Waals surface area contributed by atoms with Gasteiger partial charge in [0.15, 0.2) is 6.61 Å². The molecule has 0 saturated heterocycles. The Labute approximate surface area is 147 Å². The zero-order valence-corrected chi connectivity index (χ0v) is 14.4. The Balaban J connectivity index is 1.80. The third-order valence-electron chi connectivity index (χ3n) is 2.90. The Kier molecular flexibility index (Phi) is 6.51. The Morgan fingerprint density at radius 3 is 2.62 bits per heavy atom. The molecule has 7 heteroatoms. The molecule has 0 aliphatic rings. The highest BCUT2D eigenvalue weighted by Crippen LogP contribution is 2.17. The van der Waals surface area contributed by atoms with E-state index in [-0.39, 0.29) is 12.5 Å². The van der Waals surface area contributed by atoms with Crippen molar-refractivity contribution in [3.05, 3.63) is 64.1 Å². The highest BCUT2D eigenvalue weighted by molar-refractivity contribution is 9.10. The van der Waals surface area contributed by atoms with Crippen LogP contribution < -0.4 is 10.2 Å². The molecule has 0 aromatic heterocycles. The van der Waals surface area contributed by atoms with Crippen LogP contribution in [0.3, 0.4) is 0 Å². The van der Waals surface area contributed by atoms with Crippen LogP contribution in [0.15, 0.2) is 58.1 Å². The van der Waals surface area contributed by atoms with Gasteiger partial charge < -0.3 is 9.47 Å². The number of methoxy groups -OCH3 is 1. The average molecular weight is 391 g/mol. The lowest BCUT2D eigenvalue weighted by molar-refractivity contribution is -0.123. The van der Waals surface area contributed by atoms with E-state index in [9.17, 15) is 9.59 Å². The number of halogens is 1. The second-order valence-electron chi connectivity index (χ2n) is 4.65. The maximum absolute atomic E-state index is 11.7. The number of rotatable bonds is 6. The average Bonchev–Trinajstić information content (AvgIpc) is 2.60. The summed E-state index contributed by atoms with van der Waals surface area (Å²) in [6, 6.07) is 13.8. The predicted octanol–water partition coefficient (Wildman–Crippen LogP) is 2.76. The zero-order valence-electron chi connectivity index (χ0n) is 12.9. The van der Waals surface area contributed by atoms with E-state index in [1.54, 1.807) is 36.4 Å². The Morgan fingerprint density at radius 2 is 1.96 bits per heavy atom. The maximum atomic E-state index is 11.7. The number of nitrogens with one attached hydrogen (secondary N) is 1. The predicted molar refractivity (Wildman–Crippen MR) is 93.2 cm³/mol. The van der Waals surface area contributed by atoms with Gasteiger partial charge >= 0.3 is 5.97 Å². The standard InChI is InChI=1S/C17H15BrN2O4/c1-23-17(22)13-7-5-12(6-8-13)10-19-20-16(21)11-24-15-4-2-3-14(18)9-15/h2-10H,11H2,1H3,(H,20,21)/b19-10-. The van der Waals surface area contributed by atoms with Gasteiger partial charge in [0.25, 0.3) is 5.91 Å². The molecule has 2 aromatic carbocycles. The van der Waals surface area contributed by atoms with Gasteiger partial charge in [0.2, 0.25) is 0 Å². The van der Waals surface area contributed by atoms with Crippen molar-refractivity contribution in [1.82, 2.24) is 5.43 Å². The van der Waals surface area contributed by atoms with Crippen molar-refractivity contribution >= 4 is 34.0 Å². The van der Waals surface area contributed by atoms with Crippen LogP contribution in [0.25, 0.3) is 0 Å². The number of carbonyl (C=O) groups excluding carboxylic acids is 2. The lowest BCUT2D eigenvalue weighted by Crippen LogP contribution is -2.24. The Bertz CT molecular complexity index is 745. The normalized spacial score (nSPS) is 10.4. The molecule has 0 radical (unpaired) electrons. The first-order valence-corrected chi connectivity index (χ1v) is 7.76. The summed E-state index contributed by atoms with van der Waals surface area (Å²) in [5.41, 5.74) is 3.54. The van der Waals surface area contributed by atoms with Crippen LogP contribution in [0.4, 0.5) is 0 Å². The minimum Gasteiger partial charge on any atom is -0.484 e. The number of hydrogen-bond donors (Lipinski definition) is 1. The second kappa shape index (κ2) is 8.83. The van der Waals surface area contributed by atoms with Crippen molar-refractivity contribution in [2.75, 3.05) is 13.7 Å². The molecule has 0 fully saturated rings. The van der Waals surface area contributed by atoms with Gasteiger partial charge in [-0.1, -0.05) is 34.1 Å². The summed E-state index contributed by atoms with van der Waals surface area (Å²) in [5.74, 6) is -0.198. The molecular weight excluding hydrogens is 376 g/mol. The van der Waals surface area contributed by atoms with Crippen LogP contribution in [-0.2, 0) is 9.53 Å². The monoisotopic (exact) mass is 390 g/mol. The molecule has 0 aliphatic heterocycles. The molecular formula is C17H15BrN2O4. The van der Waals surface area contributed by atoms with Crippen LogP contribution in [-0.4, -0.2) is 31.8 Å². The smallest absolute Gasteiger partial charge is 0.337 e. The largest absolute Gasteiger partial charge is 0.484 e. The quantitative estimate of drug-likeness (QED) is 0.467. The fourth-order valence-corrected chi connectivity index (χ4v) is 2.12. The van der Waals surface area contributed by atoms with E-state index in [4.69, 9.17) is 4.74 Å². The lowest BCUT2D eigenvalue weighted by Gasteiger charge is -2.05. The van der Waals surface area contributed by atoms with Gasteiger partial charge in [-0.25, -0.2) is 10.2 Å². The van der Waals surface area contributed by atoms with Crippen molar-refractivity contribution in [2.24, 2.45) is 5.10 Å². The number of esters is 1. The number of nitrogens with zero attached hydrogens (tertiary/aromatic N) is 1. The summed E-state index contributed by atoms with van der Waals surface area (Å²) in [5, 5.41) is 3.84.